The van der Waals surface area contributed by atoms with Crippen molar-refractivity contribution in [2.24, 2.45) is 5.41 Å². The maximum absolute atomic E-state index is 13.4. The molecule has 166 valence electrons. The normalized spacial score (nSPS) is 24.5. The lowest BCUT2D eigenvalue weighted by molar-refractivity contribution is -0.135. The van der Waals surface area contributed by atoms with E-state index in [2.05, 4.69) is 12.2 Å². The van der Waals surface area contributed by atoms with Crippen LogP contribution in [0.4, 0.5) is 0 Å². The topological polar surface area (TPSA) is 74.7 Å². The maximum atomic E-state index is 13.4. The minimum atomic E-state index is -0.443. The SMILES string of the molecule is CCCN1CCC2(CCN(C(=O)c3c(C)ccn(C4CCNCC4)c3=O)C2)C1=O.Cl. The Kier molecular flexibility index (Phi) is 6.92. The van der Waals surface area contributed by atoms with Crippen LogP contribution in [0.3, 0.4) is 0 Å². The molecule has 0 radical (unpaired) electrons. The number of piperidine rings is 1. The Balaban J connectivity index is 0.00000256. The van der Waals surface area contributed by atoms with Gasteiger partial charge in [-0.2, -0.15) is 0 Å². The number of aromatic nitrogens is 1. The summed E-state index contributed by atoms with van der Waals surface area (Å²) < 4.78 is 1.75. The molecule has 3 saturated heterocycles. The van der Waals surface area contributed by atoms with Gasteiger partial charge in [0.05, 0.1) is 5.41 Å². The molecule has 1 aromatic rings. The number of carbonyl (C=O) groups excluding carboxylic acids is 2. The Morgan fingerprint density at radius 1 is 1.20 bits per heavy atom. The van der Waals surface area contributed by atoms with Gasteiger partial charge in [-0.3, -0.25) is 14.4 Å². The molecule has 3 aliphatic heterocycles. The van der Waals surface area contributed by atoms with Gasteiger partial charge in [-0.25, -0.2) is 0 Å². The fourth-order valence-corrected chi connectivity index (χ4v) is 5.23. The van der Waals surface area contributed by atoms with Crippen molar-refractivity contribution in [2.75, 3.05) is 39.3 Å². The molecule has 2 amide bonds. The average molecular weight is 437 g/mol. The largest absolute Gasteiger partial charge is 0.342 e. The molecule has 7 nitrogen and oxygen atoms in total. The number of carbonyl (C=O) groups is 2. The summed E-state index contributed by atoms with van der Waals surface area (Å²) >= 11 is 0. The first-order valence-corrected chi connectivity index (χ1v) is 11.0. The molecule has 0 saturated carbocycles. The molecule has 3 fully saturated rings. The third kappa shape index (κ3) is 3.89. The molecule has 30 heavy (non-hydrogen) atoms. The minimum absolute atomic E-state index is 0. The van der Waals surface area contributed by atoms with E-state index in [-0.39, 0.29) is 41.4 Å². The van der Waals surface area contributed by atoms with Crippen LogP contribution in [0.2, 0.25) is 0 Å². The quantitative estimate of drug-likeness (QED) is 0.783. The number of nitrogens with one attached hydrogen (secondary N) is 1. The number of amides is 2. The van der Waals surface area contributed by atoms with E-state index in [1.807, 2.05) is 24.1 Å². The maximum Gasteiger partial charge on any atom is 0.263 e. The van der Waals surface area contributed by atoms with Crippen molar-refractivity contribution >= 4 is 24.2 Å². The van der Waals surface area contributed by atoms with Gasteiger partial charge < -0.3 is 19.7 Å². The Morgan fingerprint density at radius 2 is 1.90 bits per heavy atom. The van der Waals surface area contributed by atoms with Crippen LogP contribution in [0.5, 0.6) is 0 Å². The van der Waals surface area contributed by atoms with Gasteiger partial charge in [-0.05, 0) is 63.7 Å². The van der Waals surface area contributed by atoms with E-state index in [0.29, 0.717) is 19.5 Å². The van der Waals surface area contributed by atoms with Crippen molar-refractivity contribution in [3.8, 4) is 0 Å². The van der Waals surface area contributed by atoms with E-state index in [4.69, 9.17) is 0 Å². The number of rotatable bonds is 4. The predicted molar refractivity (Wildman–Crippen MR) is 118 cm³/mol. The molecule has 1 atom stereocenters. The molecule has 8 heteroatoms. The lowest BCUT2D eigenvalue weighted by Gasteiger charge is -2.26. The Morgan fingerprint density at radius 3 is 2.60 bits per heavy atom. The van der Waals surface area contributed by atoms with Crippen LogP contribution in [0.1, 0.15) is 61.0 Å². The number of pyridine rings is 1. The molecule has 0 aliphatic carbocycles. The summed E-state index contributed by atoms with van der Waals surface area (Å²) in [5.41, 5.74) is 0.366. The van der Waals surface area contributed by atoms with Crippen LogP contribution < -0.4 is 10.9 Å². The zero-order valence-electron chi connectivity index (χ0n) is 18.0. The molecule has 1 unspecified atom stereocenters. The smallest absolute Gasteiger partial charge is 0.263 e. The summed E-state index contributed by atoms with van der Waals surface area (Å²) in [6.07, 6.45) is 6.08. The third-order valence-corrected chi connectivity index (χ3v) is 6.98. The first kappa shape index (κ1) is 22.8. The van der Waals surface area contributed by atoms with Crippen LogP contribution in [-0.2, 0) is 4.79 Å². The summed E-state index contributed by atoms with van der Waals surface area (Å²) in [6.45, 7) is 8.23. The van der Waals surface area contributed by atoms with Crippen LogP contribution in [-0.4, -0.2) is 65.4 Å². The second-order valence-corrected chi connectivity index (χ2v) is 8.87. The van der Waals surface area contributed by atoms with Crippen LogP contribution in [0, 0.1) is 12.3 Å². The summed E-state index contributed by atoms with van der Waals surface area (Å²) in [6, 6.07) is 2.02. The molecule has 4 heterocycles. The zero-order valence-corrected chi connectivity index (χ0v) is 18.8. The lowest BCUT2D eigenvalue weighted by atomic mass is 9.85. The second kappa shape index (κ2) is 9.10. The predicted octanol–water partition coefficient (Wildman–Crippen LogP) is 1.98. The van der Waals surface area contributed by atoms with Crippen molar-refractivity contribution in [3.05, 3.63) is 33.7 Å². The van der Waals surface area contributed by atoms with E-state index < -0.39 is 5.41 Å². The first-order valence-electron chi connectivity index (χ1n) is 11.0. The average Bonchev–Trinajstić information content (AvgIpc) is 3.29. The number of hydrogen-bond acceptors (Lipinski definition) is 4. The van der Waals surface area contributed by atoms with E-state index in [1.165, 1.54) is 0 Å². The molecule has 1 N–H and O–H groups in total. The van der Waals surface area contributed by atoms with Gasteiger partial charge in [0.15, 0.2) is 0 Å². The lowest BCUT2D eigenvalue weighted by Crippen LogP contribution is -2.41. The molecule has 0 aromatic carbocycles. The van der Waals surface area contributed by atoms with Gasteiger partial charge in [0, 0.05) is 38.4 Å². The molecule has 4 rings (SSSR count). The number of aryl methyl sites for hydroxylation is 1. The highest BCUT2D eigenvalue weighted by Crippen LogP contribution is 2.41. The molecule has 1 spiro atoms. The van der Waals surface area contributed by atoms with Gasteiger partial charge in [0.2, 0.25) is 5.91 Å². The Bertz CT molecular complexity index is 864. The van der Waals surface area contributed by atoms with E-state index in [0.717, 1.165) is 57.4 Å². The molecule has 1 aromatic heterocycles. The van der Waals surface area contributed by atoms with Crippen LogP contribution in [0.25, 0.3) is 0 Å². The van der Waals surface area contributed by atoms with E-state index >= 15 is 0 Å². The molecule has 0 bridgehead atoms. The zero-order chi connectivity index (χ0) is 20.6. The highest BCUT2D eigenvalue weighted by Gasteiger charge is 2.51. The summed E-state index contributed by atoms with van der Waals surface area (Å²) in [5, 5.41) is 3.32. The number of halogens is 1. The summed E-state index contributed by atoms with van der Waals surface area (Å²) in [7, 11) is 0. The van der Waals surface area contributed by atoms with Crippen molar-refractivity contribution in [1.82, 2.24) is 19.7 Å². The van der Waals surface area contributed by atoms with Crippen LogP contribution >= 0.6 is 12.4 Å². The van der Waals surface area contributed by atoms with Crippen LogP contribution in [0.15, 0.2) is 17.1 Å². The van der Waals surface area contributed by atoms with E-state index in [9.17, 15) is 14.4 Å². The highest BCUT2D eigenvalue weighted by molar-refractivity contribution is 5.96. The van der Waals surface area contributed by atoms with Crippen molar-refractivity contribution in [1.29, 1.82) is 0 Å². The monoisotopic (exact) mass is 436 g/mol. The van der Waals surface area contributed by atoms with Crippen molar-refractivity contribution in [3.63, 3.8) is 0 Å². The van der Waals surface area contributed by atoms with Gasteiger partial charge in [-0.1, -0.05) is 6.92 Å². The van der Waals surface area contributed by atoms with Crippen molar-refractivity contribution < 1.29 is 9.59 Å². The number of hydrogen-bond donors (Lipinski definition) is 1. The van der Waals surface area contributed by atoms with Gasteiger partial charge in [0.25, 0.3) is 11.5 Å². The highest BCUT2D eigenvalue weighted by atomic mass is 35.5. The second-order valence-electron chi connectivity index (χ2n) is 8.87. The van der Waals surface area contributed by atoms with E-state index in [1.54, 1.807) is 9.47 Å². The summed E-state index contributed by atoms with van der Waals surface area (Å²) in [5.74, 6) is -0.0269. The summed E-state index contributed by atoms with van der Waals surface area (Å²) in [4.78, 5) is 43.2. The van der Waals surface area contributed by atoms with Gasteiger partial charge in [-0.15, -0.1) is 12.4 Å². The Labute approximate surface area is 184 Å². The number of likely N-dealkylation sites (tertiary alicyclic amines) is 2. The van der Waals surface area contributed by atoms with Gasteiger partial charge >= 0.3 is 0 Å². The number of nitrogens with zero attached hydrogens (tertiary/aromatic N) is 3. The molecule has 3 aliphatic rings. The minimum Gasteiger partial charge on any atom is -0.342 e. The Hall–Kier alpha value is -1.86. The fourth-order valence-electron chi connectivity index (χ4n) is 5.23. The fraction of sp³-hybridized carbons (Fsp3) is 0.682. The third-order valence-electron chi connectivity index (χ3n) is 6.98. The van der Waals surface area contributed by atoms with Crippen molar-refractivity contribution in [2.45, 2.75) is 52.0 Å². The first-order chi connectivity index (χ1) is 14.0. The van der Waals surface area contributed by atoms with Gasteiger partial charge in [0.1, 0.15) is 5.56 Å². The molecular formula is C22H33ClN4O3. The standard InChI is InChI=1S/C22H32N4O3.ClH/c1-3-11-24-13-7-22(21(24)29)8-14-25(15-22)19(27)18-16(2)6-12-26(20(18)28)17-4-9-23-10-5-17;/h6,12,17,23H,3-5,7-11,13-15H2,1-2H3;1H. The molecular weight excluding hydrogens is 404 g/mol.